The molecular weight excluding hydrogens is 202 g/mol. The minimum Gasteiger partial charge on any atom is -0.480 e. The summed E-state index contributed by atoms with van der Waals surface area (Å²) < 4.78 is 0. The zero-order chi connectivity index (χ0) is 11.5. The Morgan fingerprint density at radius 3 is 2.56 bits per heavy atom. The van der Waals surface area contributed by atoms with E-state index in [1.807, 2.05) is 42.3 Å². The Morgan fingerprint density at radius 1 is 1.44 bits per heavy atom. The smallest absolute Gasteiger partial charge is 0.321 e. The monoisotopic (exact) mass is 219 g/mol. The molecule has 1 aromatic carbocycles. The van der Waals surface area contributed by atoms with Gasteiger partial charge in [-0.3, -0.25) is 9.69 Å². The van der Waals surface area contributed by atoms with Crippen molar-refractivity contribution in [1.29, 1.82) is 0 Å². The van der Waals surface area contributed by atoms with Gasteiger partial charge in [-0.2, -0.15) is 0 Å². The maximum atomic E-state index is 11.2. The van der Waals surface area contributed by atoms with E-state index in [1.165, 1.54) is 0 Å². The van der Waals surface area contributed by atoms with Crippen LogP contribution in [0.25, 0.3) is 0 Å². The molecule has 3 heteroatoms. The van der Waals surface area contributed by atoms with E-state index in [2.05, 4.69) is 0 Å². The molecule has 1 fully saturated rings. The Hall–Kier alpha value is -1.35. The molecule has 0 radical (unpaired) electrons. The van der Waals surface area contributed by atoms with Gasteiger partial charge >= 0.3 is 5.97 Å². The molecule has 86 valence electrons. The standard InChI is InChI=1S/C13H17NO2/c1-14(11-7-8-11)12(13(15)16)9-10-5-3-2-4-6-10/h2-6,11-12H,7-9H2,1H3,(H,15,16)/t12-/m0/s1. The summed E-state index contributed by atoms with van der Waals surface area (Å²) in [5.74, 6) is -0.724. The average molecular weight is 219 g/mol. The molecule has 0 aliphatic heterocycles. The lowest BCUT2D eigenvalue weighted by atomic mass is 10.1. The predicted octanol–water partition coefficient (Wildman–Crippen LogP) is 1.78. The first-order valence-electron chi connectivity index (χ1n) is 5.67. The van der Waals surface area contributed by atoms with Crippen LogP contribution in [0.2, 0.25) is 0 Å². The number of nitrogens with zero attached hydrogens (tertiary/aromatic N) is 1. The third kappa shape index (κ3) is 2.61. The van der Waals surface area contributed by atoms with E-state index in [0.717, 1.165) is 18.4 Å². The number of carboxylic acids is 1. The first kappa shape index (κ1) is 11.1. The maximum absolute atomic E-state index is 11.2. The Morgan fingerprint density at radius 2 is 2.06 bits per heavy atom. The number of carbonyl (C=O) groups is 1. The Balaban J connectivity index is 2.05. The molecule has 2 rings (SSSR count). The van der Waals surface area contributed by atoms with Crippen molar-refractivity contribution in [2.75, 3.05) is 7.05 Å². The highest BCUT2D eigenvalue weighted by molar-refractivity contribution is 5.74. The number of carboxylic acid groups (broad SMARTS) is 1. The lowest BCUT2D eigenvalue weighted by Gasteiger charge is -2.24. The van der Waals surface area contributed by atoms with Crippen molar-refractivity contribution in [3.8, 4) is 0 Å². The molecule has 1 aromatic rings. The van der Waals surface area contributed by atoms with Gasteiger partial charge in [0, 0.05) is 6.04 Å². The summed E-state index contributed by atoms with van der Waals surface area (Å²) in [5, 5.41) is 9.24. The van der Waals surface area contributed by atoms with Crippen molar-refractivity contribution >= 4 is 5.97 Å². The molecule has 1 aliphatic carbocycles. The van der Waals surface area contributed by atoms with Gasteiger partial charge in [-0.15, -0.1) is 0 Å². The lowest BCUT2D eigenvalue weighted by molar-refractivity contribution is -0.143. The second-order valence-electron chi connectivity index (χ2n) is 4.44. The number of rotatable bonds is 5. The van der Waals surface area contributed by atoms with Crippen LogP contribution in [0.3, 0.4) is 0 Å². The molecule has 3 nitrogen and oxygen atoms in total. The van der Waals surface area contributed by atoms with Crippen LogP contribution in [0.4, 0.5) is 0 Å². The van der Waals surface area contributed by atoms with Gasteiger partial charge in [-0.1, -0.05) is 30.3 Å². The summed E-state index contributed by atoms with van der Waals surface area (Å²) in [6.07, 6.45) is 2.85. The third-order valence-electron chi connectivity index (χ3n) is 3.17. The first-order valence-corrected chi connectivity index (χ1v) is 5.67. The Labute approximate surface area is 95.7 Å². The topological polar surface area (TPSA) is 40.5 Å². The van der Waals surface area contributed by atoms with E-state index in [1.54, 1.807) is 0 Å². The SMILES string of the molecule is CN(C1CC1)[C@@H](Cc1ccccc1)C(=O)O. The molecule has 0 saturated heterocycles. The molecule has 0 unspecified atom stereocenters. The highest BCUT2D eigenvalue weighted by Gasteiger charge is 2.34. The zero-order valence-corrected chi connectivity index (χ0v) is 9.47. The van der Waals surface area contributed by atoms with E-state index >= 15 is 0 Å². The van der Waals surface area contributed by atoms with E-state index in [-0.39, 0.29) is 0 Å². The van der Waals surface area contributed by atoms with Gasteiger partial charge < -0.3 is 5.11 Å². The molecule has 1 aliphatic rings. The zero-order valence-electron chi connectivity index (χ0n) is 9.47. The van der Waals surface area contributed by atoms with Crippen LogP contribution >= 0.6 is 0 Å². The van der Waals surface area contributed by atoms with Crippen molar-refractivity contribution < 1.29 is 9.90 Å². The van der Waals surface area contributed by atoms with Crippen LogP contribution in [0.5, 0.6) is 0 Å². The molecule has 16 heavy (non-hydrogen) atoms. The van der Waals surface area contributed by atoms with Crippen molar-refractivity contribution in [1.82, 2.24) is 4.90 Å². The van der Waals surface area contributed by atoms with Gasteiger partial charge in [-0.05, 0) is 31.9 Å². The molecule has 0 amide bonds. The summed E-state index contributed by atoms with van der Waals surface area (Å²) in [6.45, 7) is 0. The van der Waals surface area contributed by atoms with E-state index < -0.39 is 12.0 Å². The highest BCUT2D eigenvalue weighted by atomic mass is 16.4. The molecular formula is C13H17NO2. The number of hydrogen-bond acceptors (Lipinski definition) is 2. The van der Waals surface area contributed by atoms with Crippen LogP contribution < -0.4 is 0 Å². The summed E-state index contributed by atoms with van der Waals surface area (Å²) in [6, 6.07) is 9.90. The number of hydrogen-bond donors (Lipinski definition) is 1. The number of benzene rings is 1. The summed E-state index contributed by atoms with van der Waals surface area (Å²) in [5.41, 5.74) is 1.09. The predicted molar refractivity (Wildman–Crippen MR) is 62.4 cm³/mol. The second-order valence-corrected chi connectivity index (χ2v) is 4.44. The van der Waals surface area contributed by atoms with Gasteiger partial charge in [0.05, 0.1) is 0 Å². The number of aliphatic carboxylic acids is 1. The van der Waals surface area contributed by atoms with Crippen molar-refractivity contribution in [2.45, 2.75) is 31.3 Å². The van der Waals surface area contributed by atoms with Crippen LogP contribution in [0.15, 0.2) is 30.3 Å². The molecule has 0 heterocycles. The van der Waals surface area contributed by atoms with Gasteiger partial charge in [0.15, 0.2) is 0 Å². The normalized spacial score (nSPS) is 17.4. The summed E-state index contributed by atoms with van der Waals surface area (Å²) in [7, 11) is 1.92. The fourth-order valence-corrected chi connectivity index (χ4v) is 1.98. The largest absolute Gasteiger partial charge is 0.480 e. The van der Waals surface area contributed by atoms with E-state index in [9.17, 15) is 9.90 Å². The fourth-order valence-electron chi connectivity index (χ4n) is 1.98. The minimum absolute atomic E-state index is 0.394. The Kier molecular flexibility index (Phi) is 3.25. The lowest BCUT2D eigenvalue weighted by Crippen LogP contribution is -2.41. The van der Waals surface area contributed by atoms with Crippen LogP contribution in [0.1, 0.15) is 18.4 Å². The molecule has 0 aromatic heterocycles. The average Bonchev–Trinajstić information content (AvgIpc) is 3.10. The van der Waals surface area contributed by atoms with Crippen molar-refractivity contribution in [3.05, 3.63) is 35.9 Å². The van der Waals surface area contributed by atoms with Crippen molar-refractivity contribution in [2.24, 2.45) is 0 Å². The minimum atomic E-state index is -0.724. The fraction of sp³-hybridized carbons (Fsp3) is 0.462. The first-order chi connectivity index (χ1) is 7.68. The molecule has 0 bridgehead atoms. The highest BCUT2D eigenvalue weighted by Crippen LogP contribution is 2.28. The molecule has 1 N–H and O–H groups in total. The molecule has 0 spiro atoms. The van der Waals surface area contributed by atoms with Gasteiger partial charge in [0.2, 0.25) is 0 Å². The van der Waals surface area contributed by atoms with Gasteiger partial charge in [0.25, 0.3) is 0 Å². The van der Waals surface area contributed by atoms with Crippen LogP contribution in [-0.4, -0.2) is 35.1 Å². The van der Waals surface area contributed by atoms with Crippen molar-refractivity contribution in [3.63, 3.8) is 0 Å². The maximum Gasteiger partial charge on any atom is 0.321 e. The van der Waals surface area contributed by atoms with E-state index in [0.29, 0.717) is 12.5 Å². The Bertz CT molecular complexity index is 359. The summed E-state index contributed by atoms with van der Waals surface area (Å²) in [4.78, 5) is 13.2. The third-order valence-corrected chi connectivity index (χ3v) is 3.17. The van der Waals surface area contributed by atoms with Gasteiger partial charge in [0.1, 0.15) is 6.04 Å². The quantitative estimate of drug-likeness (QED) is 0.820. The van der Waals surface area contributed by atoms with E-state index in [4.69, 9.17) is 0 Å². The second kappa shape index (κ2) is 4.66. The van der Waals surface area contributed by atoms with Gasteiger partial charge in [-0.25, -0.2) is 0 Å². The number of likely N-dealkylation sites (N-methyl/N-ethyl adjacent to an activating group) is 1. The molecule has 1 atom stereocenters. The van der Waals surface area contributed by atoms with Crippen LogP contribution in [-0.2, 0) is 11.2 Å². The molecule has 1 saturated carbocycles. The van der Waals surface area contributed by atoms with Crippen LogP contribution in [0, 0.1) is 0 Å². The summed E-state index contributed by atoms with van der Waals surface area (Å²) >= 11 is 0.